The number of hydrogen-bond donors (Lipinski definition) is 2. The summed E-state index contributed by atoms with van der Waals surface area (Å²) in [7, 11) is 0. The molecule has 0 saturated heterocycles. The van der Waals surface area contributed by atoms with Gasteiger partial charge in [-0.25, -0.2) is 4.98 Å². The molecule has 0 aliphatic heterocycles. The third-order valence-corrected chi connectivity index (χ3v) is 4.16. The van der Waals surface area contributed by atoms with Crippen LogP contribution in [-0.2, 0) is 0 Å². The SMILES string of the molecule is CC(=O)c1cccc(Nc2nc(Nc3ccccc3)c3ccccc3n2)c1. The minimum Gasteiger partial charge on any atom is -0.340 e. The van der Waals surface area contributed by atoms with Crippen molar-refractivity contribution < 1.29 is 4.79 Å². The highest BCUT2D eigenvalue weighted by Crippen LogP contribution is 2.26. The van der Waals surface area contributed by atoms with Crippen molar-refractivity contribution in [2.45, 2.75) is 6.92 Å². The molecule has 0 aliphatic carbocycles. The van der Waals surface area contributed by atoms with Crippen molar-refractivity contribution in [3.8, 4) is 0 Å². The second-order valence-corrected chi connectivity index (χ2v) is 6.17. The zero-order valence-corrected chi connectivity index (χ0v) is 14.8. The maximum absolute atomic E-state index is 11.6. The van der Waals surface area contributed by atoms with E-state index in [1.807, 2.05) is 66.7 Å². The fraction of sp³-hybridized carbons (Fsp3) is 0.0455. The Morgan fingerprint density at radius 3 is 2.33 bits per heavy atom. The number of nitrogens with one attached hydrogen (secondary N) is 2. The average molecular weight is 354 g/mol. The number of carbonyl (C=O) groups excluding carboxylic acids is 1. The lowest BCUT2D eigenvalue weighted by Gasteiger charge is -2.12. The smallest absolute Gasteiger partial charge is 0.229 e. The lowest BCUT2D eigenvalue weighted by atomic mass is 10.1. The van der Waals surface area contributed by atoms with Gasteiger partial charge in [0.2, 0.25) is 5.95 Å². The first-order valence-corrected chi connectivity index (χ1v) is 8.66. The van der Waals surface area contributed by atoms with Crippen molar-refractivity contribution in [2.75, 3.05) is 10.6 Å². The van der Waals surface area contributed by atoms with E-state index in [4.69, 9.17) is 0 Å². The number of anilines is 4. The molecule has 0 fully saturated rings. The van der Waals surface area contributed by atoms with Crippen molar-refractivity contribution in [1.29, 1.82) is 0 Å². The van der Waals surface area contributed by atoms with Gasteiger partial charge in [-0.2, -0.15) is 4.98 Å². The highest BCUT2D eigenvalue weighted by atomic mass is 16.1. The molecule has 5 nitrogen and oxygen atoms in total. The van der Waals surface area contributed by atoms with E-state index >= 15 is 0 Å². The van der Waals surface area contributed by atoms with Gasteiger partial charge in [0, 0.05) is 22.3 Å². The molecule has 0 bridgehead atoms. The normalized spacial score (nSPS) is 10.6. The Balaban J connectivity index is 1.73. The number of aromatic nitrogens is 2. The van der Waals surface area contributed by atoms with Crippen LogP contribution in [0.2, 0.25) is 0 Å². The van der Waals surface area contributed by atoms with E-state index in [9.17, 15) is 4.79 Å². The van der Waals surface area contributed by atoms with Gasteiger partial charge in [0.05, 0.1) is 5.52 Å². The zero-order chi connectivity index (χ0) is 18.6. The van der Waals surface area contributed by atoms with Crippen LogP contribution in [0.25, 0.3) is 10.9 Å². The van der Waals surface area contributed by atoms with Crippen molar-refractivity contribution in [1.82, 2.24) is 9.97 Å². The van der Waals surface area contributed by atoms with Crippen LogP contribution in [0.4, 0.5) is 23.1 Å². The molecule has 0 radical (unpaired) electrons. The van der Waals surface area contributed by atoms with E-state index < -0.39 is 0 Å². The van der Waals surface area contributed by atoms with Crippen LogP contribution in [0.5, 0.6) is 0 Å². The Bertz CT molecular complexity index is 1110. The third kappa shape index (κ3) is 3.77. The van der Waals surface area contributed by atoms with Gasteiger partial charge in [-0.1, -0.05) is 42.5 Å². The lowest BCUT2D eigenvalue weighted by molar-refractivity contribution is 0.101. The zero-order valence-electron chi connectivity index (χ0n) is 14.8. The molecule has 0 spiro atoms. The fourth-order valence-electron chi connectivity index (χ4n) is 2.83. The fourth-order valence-corrected chi connectivity index (χ4v) is 2.83. The second-order valence-electron chi connectivity index (χ2n) is 6.17. The number of rotatable bonds is 5. The maximum Gasteiger partial charge on any atom is 0.229 e. The van der Waals surface area contributed by atoms with Crippen molar-refractivity contribution in [3.63, 3.8) is 0 Å². The standard InChI is InChI=1S/C22H18N4O/c1-15(27)16-8-7-11-18(14-16)24-22-25-20-13-6-5-12-19(20)21(26-22)23-17-9-3-2-4-10-17/h2-14H,1H3,(H2,23,24,25,26). The molecular formula is C22H18N4O. The van der Waals surface area contributed by atoms with Crippen LogP contribution in [0.1, 0.15) is 17.3 Å². The van der Waals surface area contributed by atoms with Crippen LogP contribution in [0, 0.1) is 0 Å². The van der Waals surface area contributed by atoms with Gasteiger partial charge < -0.3 is 10.6 Å². The molecule has 0 atom stereocenters. The first kappa shape index (κ1) is 16.7. The Morgan fingerprint density at radius 1 is 0.778 bits per heavy atom. The molecule has 0 saturated carbocycles. The van der Waals surface area contributed by atoms with Crippen LogP contribution in [-0.4, -0.2) is 15.8 Å². The molecule has 2 N–H and O–H groups in total. The second kappa shape index (κ2) is 7.25. The highest BCUT2D eigenvalue weighted by Gasteiger charge is 2.09. The van der Waals surface area contributed by atoms with E-state index in [2.05, 4.69) is 20.6 Å². The number of fused-ring (bicyclic) bond motifs is 1. The van der Waals surface area contributed by atoms with E-state index in [-0.39, 0.29) is 5.78 Å². The van der Waals surface area contributed by atoms with Gasteiger partial charge in [-0.15, -0.1) is 0 Å². The van der Waals surface area contributed by atoms with Crippen LogP contribution < -0.4 is 10.6 Å². The molecule has 1 heterocycles. The first-order valence-electron chi connectivity index (χ1n) is 8.66. The van der Waals surface area contributed by atoms with Gasteiger partial charge in [0.15, 0.2) is 5.78 Å². The highest BCUT2D eigenvalue weighted by molar-refractivity contribution is 5.95. The molecular weight excluding hydrogens is 336 g/mol. The van der Waals surface area contributed by atoms with E-state index in [1.54, 1.807) is 19.1 Å². The van der Waals surface area contributed by atoms with Gasteiger partial charge >= 0.3 is 0 Å². The van der Waals surface area contributed by atoms with Gasteiger partial charge in [0.1, 0.15) is 5.82 Å². The van der Waals surface area contributed by atoms with Crippen LogP contribution >= 0.6 is 0 Å². The minimum absolute atomic E-state index is 0.0181. The largest absolute Gasteiger partial charge is 0.340 e. The maximum atomic E-state index is 11.6. The number of ketones is 1. The summed E-state index contributed by atoms with van der Waals surface area (Å²) in [6.45, 7) is 1.55. The molecule has 27 heavy (non-hydrogen) atoms. The van der Waals surface area contributed by atoms with Gasteiger partial charge in [-0.3, -0.25) is 4.79 Å². The molecule has 1 aromatic heterocycles. The first-order chi connectivity index (χ1) is 13.2. The number of benzene rings is 3. The summed E-state index contributed by atoms with van der Waals surface area (Å²) >= 11 is 0. The predicted molar refractivity (Wildman–Crippen MR) is 109 cm³/mol. The Hall–Kier alpha value is -3.73. The average Bonchev–Trinajstić information content (AvgIpc) is 2.69. The summed E-state index contributed by atoms with van der Waals surface area (Å²) in [5.41, 5.74) is 3.19. The molecule has 0 amide bonds. The molecule has 4 rings (SSSR count). The minimum atomic E-state index is 0.0181. The molecule has 3 aromatic carbocycles. The number of Topliss-reactive ketones (excluding diaryl/α,β-unsaturated/α-hetero) is 1. The van der Waals surface area contributed by atoms with E-state index in [0.717, 1.165) is 28.1 Å². The summed E-state index contributed by atoms with van der Waals surface area (Å²) in [5.74, 6) is 1.20. The summed E-state index contributed by atoms with van der Waals surface area (Å²) in [5, 5.41) is 7.50. The number of carbonyl (C=O) groups is 1. The molecule has 0 aliphatic rings. The third-order valence-electron chi connectivity index (χ3n) is 4.16. The van der Waals surface area contributed by atoms with Gasteiger partial charge in [0.25, 0.3) is 0 Å². The van der Waals surface area contributed by atoms with Crippen molar-refractivity contribution >= 4 is 39.8 Å². The van der Waals surface area contributed by atoms with Crippen LogP contribution in [0.3, 0.4) is 0 Å². The Labute approximate surface area is 157 Å². The summed E-state index contributed by atoms with van der Waals surface area (Å²) in [6, 6.07) is 25.0. The molecule has 5 heteroatoms. The van der Waals surface area contributed by atoms with Crippen molar-refractivity contribution in [3.05, 3.63) is 84.4 Å². The van der Waals surface area contributed by atoms with Crippen molar-refractivity contribution in [2.24, 2.45) is 0 Å². The molecule has 132 valence electrons. The summed E-state index contributed by atoms with van der Waals surface area (Å²) < 4.78 is 0. The summed E-state index contributed by atoms with van der Waals surface area (Å²) in [6.07, 6.45) is 0. The summed E-state index contributed by atoms with van der Waals surface area (Å²) in [4.78, 5) is 20.9. The van der Waals surface area contributed by atoms with E-state index in [1.165, 1.54) is 0 Å². The monoisotopic (exact) mass is 354 g/mol. The van der Waals surface area contributed by atoms with Gasteiger partial charge in [-0.05, 0) is 43.3 Å². The molecule has 0 unspecified atom stereocenters. The number of para-hydroxylation sites is 2. The quantitative estimate of drug-likeness (QED) is 0.475. The predicted octanol–water partition coefficient (Wildman–Crippen LogP) is 5.32. The van der Waals surface area contributed by atoms with E-state index in [0.29, 0.717) is 11.5 Å². The number of hydrogen-bond acceptors (Lipinski definition) is 5. The number of nitrogens with zero attached hydrogens (tertiary/aromatic N) is 2. The topological polar surface area (TPSA) is 66.9 Å². The Kier molecular flexibility index (Phi) is 4.49. The Morgan fingerprint density at radius 2 is 1.52 bits per heavy atom. The molecule has 4 aromatic rings. The lowest BCUT2D eigenvalue weighted by Crippen LogP contribution is -2.03. The van der Waals surface area contributed by atoms with Crippen LogP contribution in [0.15, 0.2) is 78.9 Å².